The van der Waals surface area contributed by atoms with Gasteiger partial charge in [0.2, 0.25) is 0 Å². The van der Waals surface area contributed by atoms with Gasteiger partial charge in [0.25, 0.3) is 0 Å². The van der Waals surface area contributed by atoms with Gasteiger partial charge in [-0.15, -0.1) is 0 Å². The van der Waals surface area contributed by atoms with Crippen molar-refractivity contribution < 1.29 is 5.11 Å². The fraction of sp³-hybridized carbons (Fsp3) is 0.556. The summed E-state index contributed by atoms with van der Waals surface area (Å²) < 4.78 is 0. The van der Waals surface area contributed by atoms with Gasteiger partial charge in [0.15, 0.2) is 0 Å². The van der Waals surface area contributed by atoms with E-state index in [2.05, 4.69) is 15.3 Å². The minimum atomic E-state index is -0.678. The zero-order valence-corrected chi connectivity index (χ0v) is 7.99. The fourth-order valence-corrected chi connectivity index (χ4v) is 0.918. The van der Waals surface area contributed by atoms with Crippen LogP contribution in [0.2, 0.25) is 0 Å². The lowest BCUT2D eigenvalue weighted by molar-refractivity contribution is 0.0794. The van der Waals surface area contributed by atoms with Gasteiger partial charge in [0.05, 0.1) is 11.3 Å². The molecule has 0 unspecified atom stereocenters. The lowest BCUT2D eigenvalue weighted by atomic mass is 10.1. The second kappa shape index (κ2) is 4.30. The minimum Gasteiger partial charge on any atom is -0.389 e. The van der Waals surface area contributed by atoms with Crippen molar-refractivity contribution in [3.05, 3.63) is 24.3 Å². The van der Waals surface area contributed by atoms with E-state index in [4.69, 9.17) is 0 Å². The molecule has 1 aromatic rings. The van der Waals surface area contributed by atoms with Crippen LogP contribution in [-0.2, 0) is 6.54 Å². The van der Waals surface area contributed by atoms with Gasteiger partial charge in [-0.3, -0.25) is 9.97 Å². The van der Waals surface area contributed by atoms with Crippen LogP contribution in [0.25, 0.3) is 0 Å². The summed E-state index contributed by atoms with van der Waals surface area (Å²) in [6, 6.07) is 0. The van der Waals surface area contributed by atoms with Crippen LogP contribution in [0.5, 0.6) is 0 Å². The summed E-state index contributed by atoms with van der Waals surface area (Å²) in [5.41, 5.74) is 0.203. The molecule has 0 aliphatic heterocycles. The summed E-state index contributed by atoms with van der Waals surface area (Å²) in [5, 5.41) is 12.5. The molecule has 0 fully saturated rings. The molecule has 1 heterocycles. The molecule has 4 nitrogen and oxygen atoms in total. The highest BCUT2D eigenvalue weighted by Crippen LogP contribution is 1.98. The van der Waals surface area contributed by atoms with Gasteiger partial charge in [-0.05, 0) is 13.8 Å². The molecule has 0 radical (unpaired) electrons. The molecule has 0 spiro atoms. The highest BCUT2D eigenvalue weighted by atomic mass is 16.3. The molecule has 0 atom stereocenters. The van der Waals surface area contributed by atoms with E-state index in [9.17, 15) is 5.11 Å². The second-order valence-corrected chi connectivity index (χ2v) is 3.61. The Kier molecular flexibility index (Phi) is 3.33. The normalized spacial score (nSPS) is 11.6. The smallest absolute Gasteiger partial charge is 0.0724 e. The first-order valence-corrected chi connectivity index (χ1v) is 4.26. The molecule has 0 saturated heterocycles. The number of nitrogens with one attached hydrogen (secondary N) is 1. The number of hydrogen-bond donors (Lipinski definition) is 2. The molecular formula is C9H15N3O. The standard InChI is InChI=1S/C9H15N3O/c1-9(2,13)7-11-6-8-5-10-3-4-12-8/h3-5,11,13H,6-7H2,1-2H3. The van der Waals surface area contributed by atoms with Gasteiger partial charge in [0.1, 0.15) is 0 Å². The molecule has 4 heteroatoms. The zero-order valence-electron chi connectivity index (χ0n) is 7.99. The van der Waals surface area contributed by atoms with Crippen molar-refractivity contribution in [2.75, 3.05) is 6.54 Å². The topological polar surface area (TPSA) is 58.0 Å². The first-order chi connectivity index (χ1) is 6.08. The van der Waals surface area contributed by atoms with E-state index in [0.717, 1.165) is 5.69 Å². The van der Waals surface area contributed by atoms with Crippen LogP contribution in [-0.4, -0.2) is 27.2 Å². The average molecular weight is 181 g/mol. The molecule has 1 aromatic heterocycles. The summed E-state index contributed by atoms with van der Waals surface area (Å²) >= 11 is 0. The summed E-state index contributed by atoms with van der Waals surface area (Å²) in [6.45, 7) is 4.70. The Morgan fingerprint density at radius 3 is 2.77 bits per heavy atom. The van der Waals surface area contributed by atoms with Gasteiger partial charge >= 0.3 is 0 Å². The van der Waals surface area contributed by atoms with Gasteiger partial charge in [-0.2, -0.15) is 0 Å². The highest BCUT2D eigenvalue weighted by molar-refractivity contribution is 4.93. The maximum atomic E-state index is 9.40. The zero-order chi connectivity index (χ0) is 9.73. The molecule has 1 rings (SSSR count). The van der Waals surface area contributed by atoms with E-state index in [1.165, 1.54) is 0 Å². The van der Waals surface area contributed by atoms with Crippen LogP contribution in [0, 0.1) is 0 Å². The Labute approximate surface area is 78.0 Å². The summed E-state index contributed by atoms with van der Waals surface area (Å²) in [4.78, 5) is 8.03. The number of aromatic nitrogens is 2. The largest absolute Gasteiger partial charge is 0.389 e. The number of nitrogens with zero attached hydrogens (tertiary/aromatic N) is 2. The van der Waals surface area contributed by atoms with Gasteiger partial charge in [-0.1, -0.05) is 0 Å². The molecule has 2 N–H and O–H groups in total. The van der Waals surface area contributed by atoms with E-state index in [-0.39, 0.29) is 0 Å². The van der Waals surface area contributed by atoms with Gasteiger partial charge in [-0.25, -0.2) is 0 Å². The molecule has 0 saturated carbocycles. The lowest BCUT2D eigenvalue weighted by Gasteiger charge is -2.17. The van der Waals surface area contributed by atoms with Gasteiger partial charge in [0, 0.05) is 31.7 Å². The molecule has 0 bridgehead atoms. The number of aliphatic hydroxyl groups is 1. The van der Waals surface area contributed by atoms with Crippen LogP contribution >= 0.6 is 0 Å². The molecule has 0 amide bonds. The quantitative estimate of drug-likeness (QED) is 0.703. The van der Waals surface area contributed by atoms with Crippen molar-refractivity contribution in [2.45, 2.75) is 26.0 Å². The Hall–Kier alpha value is -1.00. The number of rotatable bonds is 4. The summed E-state index contributed by atoms with van der Waals surface area (Å²) in [5.74, 6) is 0. The van der Waals surface area contributed by atoms with E-state index in [0.29, 0.717) is 13.1 Å². The maximum absolute atomic E-state index is 9.40. The van der Waals surface area contributed by atoms with Crippen molar-refractivity contribution in [3.63, 3.8) is 0 Å². The van der Waals surface area contributed by atoms with Crippen LogP contribution in [0.1, 0.15) is 19.5 Å². The average Bonchev–Trinajstić information content (AvgIpc) is 2.04. The first kappa shape index (κ1) is 10.1. The predicted molar refractivity (Wildman–Crippen MR) is 50.0 cm³/mol. The summed E-state index contributed by atoms with van der Waals surface area (Å²) in [7, 11) is 0. The van der Waals surface area contributed by atoms with Crippen LogP contribution < -0.4 is 5.32 Å². The third-order valence-electron chi connectivity index (χ3n) is 1.48. The Balaban J connectivity index is 2.29. The molecule has 0 aliphatic carbocycles. The number of hydrogen-bond acceptors (Lipinski definition) is 4. The monoisotopic (exact) mass is 181 g/mol. The van der Waals surface area contributed by atoms with Gasteiger partial charge < -0.3 is 10.4 Å². The second-order valence-electron chi connectivity index (χ2n) is 3.61. The van der Waals surface area contributed by atoms with Crippen molar-refractivity contribution in [2.24, 2.45) is 0 Å². The molecular weight excluding hydrogens is 166 g/mol. The van der Waals surface area contributed by atoms with E-state index in [1.807, 2.05) is 0 Å². The van der Waals surface area contributed by atoms with Crippen molar-refractivity contribution in [1.82, 2.24) is 15.3 Å². The Morgan fingerprint density at radius 2 is 2.23 bits per heavy atom. The lowest BCUT2D eigenvalue weighted by Crippen LogP contribution is -2.34. The van der Waals surface area contributed by atoms with E-state index in [1.54, 1.807) is 32.4 Å². The maximum Gasteiger partial charge on any atom is 0.0724 e. The Bertz CT molecular complexity index is 243. The van der Waals surface area contributed by atoms with Crippen molar-refractivity contribution in [3.8, 4) is 0 Å². The fourth-order valence-electron chi connectivity index (χ4n) is 0.918. The molecule has 13 heavy (non-hydrogen) atoms. The predicted octanol–water partition coefficient (Wildman–Crippen LogP) is 0.337. The minimum absolute atomic E-state index is 0.545. The molecule has 72 valence electrons. The third kappa shape index (κ3) is 4.55. The SMILES string of the molecule is CC(C)(O)CNCc1cnccn1. The third-order valence-corrected chi connectivity index (χ3v) is 1.48. The van der Waals surface area contributed by atoms with Crippen LogP contribution in [0.3, 0.4) is 0 Å². The first-order valence-electron chi connectivity index (χ1n) is 4.26. The van der Waals surface area contributed by atoms with Crippen LogP contribution in [0.15, 0.2) is 18.6 Å². The van der Waals surface area contributed by atoms with Crippen molar-refractivity contribution in [1.29, 1.82) is 0 Å². The Morgan fingerprint density at radius 1 is 1.46 bits per heavy atom. The van der Waals surface area contributed by atoms with Crippen molar-refractivity contribution >= 4 is 0 Å². The van der Waals surface area contributed by atoms with Crippen LogP contribution in [0.4, 0.5) is 0 Å². The summed E-state index contributed by atoms with van der Waals surface area (Å²) in [6.07, 6.45) is 5.00. The molecule has 0 aromatic carbocycles. The highest BCUT2D eigenvalue weighted by Gasteiger charge is 2.10. The van der Waals surface area contributed by atoms with E-state index < -0.39 is 5.60 Å². The molecule has 0 aliphatic rings. The van der Waals surface area contributed by atoms with E-state index >= 15 is 0 Å².